The number of carbonyl (C=O) groups is 2. The molecule has 1 aliphatic rings. The summed E-state index contributed by atoms with van der Waals surface area (Å²) in [5.74, 6) is -0.300. The van der Waals surface area contributed by atoms with Crippen molar-refractivity contribution in [2.75, 3.05) is 5.32 Å². The Kier molecular flexibility index (Phi) is 4.99. The first kappa shape index (κ1) is 16.7. The van der Waals surface area contributed by atoms with Crippen LogP contribution >= 0.6 is 11.3 Å². The molecule has 3 rings (SSSR count). The van der Waals surface area contributed by atoms with Gasteiger partial charge in [-0.25, -0.2) is 0 Å². The van der Waals surface area contributed by atoms with Gasteiger partial charge in [0.05, 0.1) is 11.3 Å². The van der Waals surface area contributed by atoms with Gasteiger partial charge in [-0.2, -0.15) is 5.10 Å². The summed E-state index contributed by atoms with van der Waals surface area (Å²) in [4.78, 5) is 25.2. The number of nitrogens with two attached hydrogens (primary N) is 1. The number of thiophene rings is 1. The highest BCUT2D eigenvalue weighted by atomic mass is 32.1. The molecule has 0 aromatic carbocycles. The van der Waals surface area contributed by atoms with Gasteiger partial charge in [-0.3, -0.25) is 14.3 Å². The highest BCUT2D eigenvalue weighted by Crippen LogP contribution is 2.36. The fourth-order valence-corrected chi connectivity index (χ4v) is 4.19. The molecule has 0 saturated heterocycles. The maximum atomic E-state index is 12.5. The molecule has 7 heteroatoms. The van der Waals surface area contributed by atoms with Crippen LogP contribution in [0.3, 0.4) is 0 Å². The Hall–Kier alpha value is -2.15. The van der Waals surface area contributed by atoms with Crippen molar-refractivity contribution in [2.45, 2.75) is 51.5 Å². The average Bonchev–Trinajstić information content (AvgIpc) is 3.22. The standard InChI is InChI=1S/C17H22N4O2S/c1-2-21-9-13(15(20-21)16(18)22)19-17(23)12-8-14(24-10-12)11-6-4-3-5-7-11/h8-11H,2-7H2,1H3,(H2,18,22)(H,19,23). The predicted octanol–water partition coefficient (Wildman–Crippen LogP) is 3.36. The average molecular weight is 346 g/mol. The zero-order chi connectivity index (χ0) is 17.1. The fourth-order valence-electron chi connectivity index (χ4n) is 3.12. The van der Waals surface area contributed by atoms with Crippen LogP contribution in [0.15, 0.2) is 17.6 Å². The molecule has 0 spiro atoms. The van der Waals surface area contributed by atoms with Crippen molar-refractivity contribution in [1.82, 2.24) is 9.78 Å². The normalized spacial score (nSPS) is 15.4. The van der Waals surface area contributed by atoms with Gasteiger partial charge >= 0.3 is 0 Å². The molecule has 1 aliphatic carbocycles. The van der Waals surface area contributed by atoms with E-state index in [1.54, 1.807) is 22.2 Å². The number of nitrogens with one attached hydrogen (secondary N) is 1. The number of nitrogens with zero attached hydrogens (tertiary/aromatic N) is 2. The van der Waals surface area contributed by atoms with Crippen LogP contribution in [0.1, 0.15) is 70.7 Å². The second-order valence-electron chi connectivity index (χ2n) is 6.14. The van der Waals surface area contributed by atoms with Gasteiger partial charge in [0, 0.05) is 23.0 Å². The first-order valence-electron chi connectivity index (χ1n) is 8.35. The van der Waals surface area contributed by atoms with E-state index in [-0.39, 0.29) is 11.6 Å². The van der Waals surface area contributed by atoms with Crippen molar-refractivity contribution in [2.24, 2.45) is 5.73 Å². The molecule has 0 aliphatic heterocycles. The quantitative estimate of drug-likeness (QED) is 0.870. The molecule has 6 nitrogen and oxygen atoms in total. The third-order valence-corrected chi connectivity index (χ3v) is 5.55. The van der Waals surface area contributed by atoms with E-state index in [1.807, 2.05) is 18.4 Å². The van der Waals surface area contributed by atoms with E-state index >= 15 is 0 Å². The lowest BCUT2D eigenvalue weighted by Gasteiger charge is -2.19. The summed E-state index contributed by atoms with van der Waals surface area (Å²) < 4.78 is 1.58. The molecule has 1 saturated carbocycles. The third-order valence-electron chi connectivity index (χ3n) is 4.46. The number of primary amides is 1. The largest absolute Gasteiger partial charge is 0.364 e. The Morgan fingerprint density at radius 1 is 1.38 bits per heavy atom. The van der Waals surface area contributed by atoms with Crippen LogP contribution in [0, 0.1) is 0 Å². The van der Waals surface area contributed by atoms with Crippen molar-refractivity contribution in [3.8, 4) is 0 Å². The number of aromatic nitrogens is 2. The van der Waals surface area contributed by atoms with Crippen LogP contribution in [0.25, 0.3) is 0 Å². The van der Waals surface area contributed by atoms with Crippen LogP contribution in [0.2, 0.25) is 0 Å². The van der Waals surface area contributed by atoms with E-state index in [0.29, 0.717) is 23.7 Å². The zero-order valence-corrected chi connectivity index (χ0v) is 14.6. The predicted molar refractivity (Wildman–Crippen MR) is 94.5 cm³/mol. The first-order chi connectivity index (χ1) is 11.6. The van der Waals surface area contributed by atoms with Crippen LogP contribution in [-0.4, -0.2) is 21.6 Å². The fraction of sp³-hybridized carbons (Fsp3) is 0.471. The van der Waals surface area contributed by atoms with Gasteiger partial charge in [0.2, 0.25) is 0 Å². The monoisotopic (exact) mass is 346 g/mol. The van der Waals surface area contributed by atoms with Crippen molar-refractivity contribution >= 4 is 28.8 Å². The first-order valence-corrected chi connectivity index (χ1v) is 9.23. The summed E-state index contributed by atoms with van der Waals surface area (Å²) in [5, 5.41) is 8.73. The summed E-state index contributed by atoms with van der Waals surface area (Å²) in [7, 11) is 0. The highest BCUT2D eigenvalue weighted by Gasteiger charge is 2.21. The number of hydrogen-bond acceptors (Lipinski definition) is 4. The van der Waals surface area contributed by atoms with Gasteiger partial charge < -0.3 is 11.1 Å². The van der Waals surface area contributed by atoms with Gasteiger partial charge in [0.25, 0.3) is 11.8 Å². The van der Waals surface area contributed by atoms with Crippen LogP contribution in [0.4, 0.5) is 5.69 Å². The lowest BCUT2D eigenvalue weighted by Crippen LogP contribution is -2.17. The van der Waals surface area contributed by atoms with Crippen LogP contribution in [0.5, 0.6) is 0 Å². The molecular weight excluding hydrogens is 324 g/mol. The summed E-state index contributed by atoms with van der Waals surface area (Å²) in [5.41, 5.74) is 6.41. The van der Waals surface area contributed by atoms with E-state index in [2.05, 4.69) is 10.4 Å². The minimum Gasteiger partial charge on any atom is -0.364 e. The maximum Gasteiger partial charge on any atom is 0.271 e. The molecular formula is C17H22N4O2S. The van der Waals surface area contributed by atoms with E-state index < -0.39 is 5.91 Å². The molecule has 0 radical (unpaired) electrons. The van der Waals surface area contributed by atoms with E-state index in [0.717, 1.165) is 0 Å². The summed E-state index contributed by atoms with van der Waals surface area (Å²) in [6.07, 6.45) is 7.89. The minimum atomic E-state index is -0.647. The van der Waals surface area contributed by atoms with Crippen molar-refractivity contribution in [1.29, 1.82) is 0 Å². The smallest absolute Gasteiger partial charge is 0.271 e. The van der Waals surface area contributed by atoms with E-state index in [9.17, 15) is 9.59 Å². The van der Waals surface area contributed by atoms with Gasteiger partial charge in [-0.1, -0.05) is 19.3 Å². The Bertz CT molecular complexity index is 744. The number of carbonyl (C=O) groups excluding carboxylic acids is 2. The topological polar surface area (TPSA) is 90.0 Å². The molecule has 0 bridgehead atoms. The zero-order valence-electron chi connectivity index (χ0n) is 13.7. The van der Waals surface area contributed by atoms with E-state index in [4.69, 9.17) is 5.73 Å². The van der Waals surface area contributed by atoms with Gasteiger partial charge in [0.15, 0.2) is 5.69 Å². The number of anilines is 1. The Morgan fingerprint density at radius 2 is 2.12 bits per heavy atom. The summed E-state index contributed by atoms with van der Waals surface area (Å²) in [6.45, 7) is 2.50. The SMILES string of the molecule is CCn1cc(NC(=O)c2csc(C3CCCCC3)c2)c(C(N)=O)n1. The van der Waals surface area contributed by atoms with Crippen molar-refractivity contribution in [3.63, 3.8) is 0 Å². The molecule has 0 unspecified atom stereocenters. The van der Waals surface area contributed by atoms with Gasteiger partial charge in [0.1, 0.15) is 0 Å². The lowest BCUT2D eigenvalue weighted by molar-refractivity contribution is 0.0995. The highest BCUT2D eigenvalue weighted by molar-refractivity contribution is 7.10. The molecule has 0 atom stereocenters. The van der Waals surface area contributed by atoms with E-state index in [1.165, 1.54) is 37.0 Å². The molecule has 128 valence electrons. The molecule has 3 N–H and O–H groups in total. The van der Waals surface area contributed by atoms with Crippen molar-refractivity contribution < 1.29 is 9.59 Å². The molecule has 1 fully saturated rings. The molecule has 2 amide bonds. The lowest BCUT2D eigenvalue weighted by atomic mass is 9.88. The van der Waals surface area contributed by atoms with Crippen molar-refractivity contribution in [3.05, 3.63) is 33.8 Å². The Morgan fingerprint density at radius 3 is 2.79 bits per heavy atom. The number of amides is 2. The van der Waals surface area contributed by atoms with Crippen LogP contribution < -0.4 is 11.1 Å². The maximum absolute atomic E-state index is 12.5. The van der Waals surface area contributed by atoms with Gasteiger partial charge in [-0.05, 0) is 31.7 Å². The summed E-state index contributed by atoms with van der Waals surface area (Å²) >= 11 is 1.64. The Labute approximate surface area is 145 Å². The second kappa shape index (κ2) is 7.17. The number of hydrogen-bond donors (Lipinski definition) is 2. The second-order valence-corrected chi connectivity index (χ2v) is 7.08. The molecule has 2 aromatic heterocycles. The number of rotatable bonds is 5. The summed E-state index contributed by atoms with van der Waals surface area (Å²) in [6, 6.07) is 1.98. The molecule has 2 aromatic rings. The molecule has 2 heterocycles. The van der Waals surface area contributed by atoms with Gasteiger partial charge in [-0.15, -0.1) is 11.3 Å². The number of aryl methyl sites for hydroxylation is 1. The molecule has 24 heavy (non-hydrogen) atoms. The third kappa shape index (κ3) is 3.51. The van der Waals surface area contributed by atoms with Crippen LogP contribution in [-0.2, 0) is 6.54 Å². The Balaban J connectivity index is 1.74. The minimum absolute atomic E-state index is 0.0907.